The fraction of sp³-hybridized carbons (Fsp3) is 0.222. The molecule has 1 heterocycles. The standard InChI is InChI=1S/C18H17N3O5S2/c1-3-10-20-15-9-8-14(28(2,25)26)11-16(15)27-18(20)19-17(22)12-4-6-13(7-5-12)21(23)24/h4-9,11H,3,10H2,1-2H3. The third-order valence-corrected chi connectivity index (χ3v) is 6.20. The van der Waals surface area contributed by atoms with Crippen LogP contribution in [-0.2, 0) is 16.4 Å². The van der Waals surface area contributed by atoms with Crippen LogP contribution in [0.25, 0.3) is 10.2 Å². The molecule has 0 saturated carbocycles. The molecule has 28 heavy (non-hydrogen) atoms. The molecule has 1 aromatic heterocycles. The summed E-state index contributed by atoms with van der Waals surface area (Å²) in [6, 6.07) is 10.1. The number of hydrogen-bond donors (Lipinski definition) is 0. The molecule has 0 aliphatic heterocycles. The predicted octanol–water partition coefficient (Wildman–Crippen LogP) is 3.17. The molecule has 3 aromatic rings. The number of amides is 1. The van der Waals surface area contributed by atoms with Crippen LogP contribution >= 0.6 is 11.3 Å². The second-order valence-electron chi connectivity index (χ2n) is 6.16. The van der Waals surface area contributed by atoms with Crippen molar-refractivity contribution < 1.29 is 18.1 Å². The third-order valence-electron chi connectivity index (χ3n) is 4.05. The molecule has 0 radical (unpaired) electrons. The number of hydrogen-bond acceptors (Lipinski definition) is 6. The van der Waals surface area contributed by atoms with Crippen LogP contribution in [0.5, 0.6) is 0 Å². The molecule has 8 nitrogen and oxygen atoms in total. The zero-order valence-corrected chi connectivity index (χ0v) is 16.8. The molecular weight excluding hydrogens is 402 g/mol. The Balaban J connectivity index is 2.10. The van der Waals surface area contributed by atoms with Gasteiger partial charge in [0.25, 0.3) is 11.6 Å². The molecule has 2 aromatic carbocycles. The molecule has 0 N–H and O–H groups in total. The van der Waals surface area contributed by atoms with Gasteiger partial charge in [-0.25, -0.2) is 8.42 Å². The Kier molecular flexibility index (Phi) is 5.43. The first-order chi connectivity index (χ1) is 13.2. The van der Waals surface area contributed by atoms with Crippen LogP contribution in [0.1, 0.15) is 23.7 Å². The number of thiazole rings is 1. The number of non-ortho nitro benzene ring substituents is 1. The highest BCUT2D eigenvalue weighted by atomic mass is 32.2. The highest BCUT2D eigenvalue weighted by Gasteiger charge is 2.14. The van der Waals surface area contributed by atoms with Crippen molar-refractivity contribution in [2.24, 2.45) is 4.99 Å². The zero-order chi connectivity index (χ0) is 20.5. The number of nitro groups is 1. The summed E-state index contributed by atoms with van der Waals surface area (Å²) in [4.78, 5) is 27.6. The molecule has 1 amide bonds. The largest absolute Gasteiger partial charge is 0.316 e. The van der Waals surface area contributed by atoms with Gasteiger partial charge in [-0.1, -0.05) is 18.3 Å². The van der Waals surface area contributed by atoms with Gasteiger partial charge in [0.05, 0.1) is 20.0 Å². The Morgan fingerprint density at radius 1 is 1.21 bits per heavy atom. The average molecular weight is 419 g/mol. The van der Waals surface area contributed by atoms with Gasteiger partial charge in [-0.2, -0.15) is 4.99 Å². The normalized spacial score (nSPS) is 12.4. The monoisotopic (exact) mass is 419 g/mol. The molecule has 0 aliphatic rings. The maximum Gasteiger partial charge on any atom is 0.279 e. The fourth-order valence-electron chi connectivity index (χ4n) is 2.69. The van der Waals surface area contributed by atoms with Gasteiger partial charge in [0, 0.05) is 30.5 Å². The maximum atomic E-state index is 12.5. The van der Waals surface area contributed by atoms with Crippen molar-refractivity contribution in [3.63, 3.8) is 0 Å². The Labute approximate surface area is 164 Å². The summed E-state index contributed by atoms with van der Waals surface area (Å²) in [6.07, 6.45) is 1.95. The number of rotatable bonds is 5. The van der Waals surface area contributed by atoms with Crippen molar-refractivity contribution in [2.45, 2.75) is 24.8 Å². The van der Waals surface area contributed by atoms with Crippen LogP contribution in [-0.4, -0.2) is 30.1 Å². The molecule has 0 spiro atoms. The summed E-state index contributed by atoms with van der Waals surface area (Å²) in [5.74, 6) is -0.519. The molecule has 0 atom stereocenters. The van der Waals surface area contributed by atoms with Gasteiger partial charge in [-0.3, -0.25) is 14.9 Å². The summed E-state index contributed by atoms with van der Waals surface area (Å²) < 4.78 is 26.2. The van der Waals surface area contributed by atoms with Crippen molar-refractivity contribution in [3.8, 4) is 0 Å². The van der Waals surface area contributed by atoms with Gasteiger partial charge in [0.2, 0.25) is 0 Å². The van der Waals surface area contributed by atoms with Gasteiger partial charge in [-0.15, -0.1) is 0 Å². The number of sulfone groups is 1. The third kappa shape index (κ3) is 4.02. The van der Waals surface area contributed by atoms with E-state index in [2.05, 4.69) is 4.99 Å². The quantitative estimate of drug-likeness (QED) is 0.466. The number of aromatic nitrogens is 1. The predicted molar refractivity (Wildman–Crippen MR) is 106 cm³/mol. The smallest absolute Gasteiger partial charge is 0.279 e. The van der Waals surface area contributed by atoms with E-state index >= 15 is 0 Å². The maximum absolute atomic E-state index is 12.5. The molecular formula is C18H17N3O5S2. The lowest BCUT2D eigenvalue weighted by Crippen LogP contribution is -2.16. The van der Waals surface area contributed by atoms with Crippen LogP contribution in [0.2, 0.25) is 0 Å². The first-order valence-corrected chi connectivity index (χ1v) is 11.1. The van der Waals surface area contributed by atoms with Crippen LogP contribution in [0.15, 0.2) is 52.4 Å². The number of nitrogens with zero attached hydrogens (tertiary/aromatic N) is 3. The molecule has 0 aliphatic carbocycles. The summed E-state index contributed by atoms with van der Waals surface area (Å²) in [5.41, 5.74) is 0.935. The van der Waals surface area contributed by atoms with E-state index in [0.717, 1.165) is 18.2 Å². The van der Waals surface area contributed by atoms with Gasteiger partial charge in [-0.05, 0) is 36.8 Å². The fourth-order valence-corrected chi connectivity index (χ4v) is 4.50. The Bertz CT molecular complexity index is 1240. The second-order valence-corrected chi connectivity index (χ2v) is 9.18. The van der Waals surface area contributed by atoms with E-state index in [1.54, 1.807) is 18.2 Å². The number of nitro benzene ring substituents is 1. The van der Waals surface area contributed by atoms with E-state index in [1.165, 1.54) is 35.6 Å². The number of aryl methyl sites for hydroxylation is 1. The molecule has 0 bridgehead atoms. The zero-order valence-electron chi connectivity index (χ0n) is 15.2. The van der Waals surface area contributed by atoms with E-state index < -0.39 is 20.7 Å². The highest BCUT2D eigenvalue weighted by molar-refractivity contribution is 7.90. The van der Waals surface area contributed by atoms with E-state index in [1.807, 2.05) is 11.5 Å². The highest BCUT2D eigenvalue weighted by Crippen LogP contribution is 2.22. The van der Waals surface area contributed by atoms with Gasteiger partial charge in [0.15, 0.2) is 14.6 Å². The average Bonchev–Trinajstić information content (AvgIpc) is 2.98. The van der Waals surface area contributed by atoms with Crippen molar-refractivity contribution in [3.05, 3.63) is 62.9 Å². The number of carbonyl (C=O) groups is 1. The minimum Gasteiger partial charge on any atom is -0.316 e. The van der Waals surface area contributed by atoms with Gasteiger partial charge in [0.1, 0.15) is 0 Å². The number of carbonyl (C=O) groups excluding carboxylic acids is 1. The van der Waals surface area contributed by atoms with Crippen LogP contribution < -0.4 is 4.80 Å². The minimum atomic E-state index is -3.34. The summed E-state index contributed by atoms with van der Waals surface area (Å²) in [7, 11) is -3.34. The molecule has 146 valence electrons. The summed E-state index contributed by atoms with van der Waals surface area (Å²) in [5, 5.41) is 10.7. The minimum absolute atomic E-state index is 0.104. The van der Waals surface area contributed by atoms with Crippen LogP contribution in [0.3, 0.4) is 0 Å². The lowest BCUT2D eigenvalue weighted by Gasteiger charge is -2.03. The van der Waals surface area contributed by atoms with Crippen molar-refractivity contribution in [1.29, 1.82) is 0 Å². The number of fused-ring (bicyclic) bond motifs is 1. The Morgan fingerprint density at radius 3 is 2.46 bits per heavy atom. The molecule has 0 unspecified atom stereocenters. The Morgan fingerprint density at radius 2 is 1.89 bits per heavy atom. The second kappa shape index (κ2) is 7.64. The van der Waals surface area contributed by atoms with Crippen molar-refractivity contribution in [2.75, 3.05) is 6.26 Å². The van der Waals surface area contributed by atoms with E-state index in [0.29, 0.717) is 16.0 Å². The van der Waals surface area contributed by atoms with Crippen LogP contribution in [0, 0.1) is 10.1 Å². The van der Waals surface area contributed by atoms with E-state index in [4.69, 9.17) is 0 Å². The van der Waals surface area contributed by atoms with E-state index in [-0.39, 0.29) is 16.1 Å². The Hall–Kier alpha value is -2.85. The summed E-state index contributed by atoms with van der Waals surface area (Å²) in [6.45, 7) is 2.61. The SMILES string of the molecule is CCCn1c(=NC(=O)c2ccc([N+](=O)[O-])cc2)sc2cc(S(C)(=O)=O)ccc21. The first kappa shape index (κ1) is 19.9. The summed E-state index contributed by atoms with van der Waals surface area (Å²) >= 11 is 1.23. The lowest BCUT2D eigenvalue weighted by molar-refractivity contribution is -0.384. The lowest BCUT2D eigenvalue weighted by atomic mass is 10.2. The van der Waals surface area contributed by atoms with Crippen molar-refractivity contribution in [1.82, 2.24) is 4.57 Å². The van der Waals surface area contributed by atoms with Gasteiger partial charge >= 0.3 is 0 Å². The molecule has 3 rings (SSSR count). The van der Waals surface area contributed by atoms with E-state index in [9.17, 15) is 23.3 Å². The first-order valence-electron chi connectivity index (χ1n) is 8.37. The van der Waals surface area contributed by atoms with Crippen molar-refractivity contribution >= 4 is 43.0 Å². The van der Waals surface area contributed by atoms with Crippen LogP contribution in [0.4, 0.5) is 5.69 Å². The molecule has 0 fully saturated rings. The molecule has 0 saturated heterocycles. The molecule has 10 heteroatoms. The number of benzene rings is 2. The topological polar surface area (TPSA) is 112 Å². The van der Waals surface area contributed by atoms with Gasteiger partial charge < -0.3 is 4.57 Å².